The van der Waals surface area contributed by atoms with Gasteiger partial charge in [0.25, 0.3) is 0 Å². The highest BCUT2D eigenvalue weighted by Gasteiger charge is 2.05. The molecule has 2 aromatic rings. The predicted octanol–water partition coefficient (Wildman–Crippen LogP) is 4.30. The van der Waals surface area contributed by atoms with Gasteiger partial charge in [0.05, 0.1) is 4.34 Å². The van der Waals surface area contributed by atoms with Gasteiger partial charge in [0, 0.05) is 11.6 Å². The summed E-state index contributed by atoms with van der Waals surface area (Å²) >= 11 is 10.5. The second kappa shape index (κ2) is 5.12. The number of aliphatic imine (C=N–C) groups is 1. The maximum absolute atomic E-state index is 5.84. The zero-order valence-corrected chi connectivity index (χ0v) is 11.0. The monoisotopic (exact) mass is 274 g/mol. The first-order chi connectivity index (χ1) is 7.29. The van der Waals surface area contributed by atoms with Crippen molar-refractivity contribution in [3.63, 3.8) is 0 Å². The third-order valence-electron chi connectivity index (χ3n) is 1.58. The molecule has 2 heterocycles. The van der Waals surface area contributed by atoms with Gasteiger partial charge in [-0.3, -0.25) is 0 Å². The molecule has 0 aliphatic rings. The Hall–Kier alpha value is -0.360. The Morgan fingerprint density at radius 1 is 1.53 bits per heavy atom. The molecular weight excluding hydrogens is 268 g/mol. The molecule has 6 heteroatoms. The normalized spacial score (nSPS) is 12.0. The maximum Gasteiger partial charge on any atom is 0.148 e. The smallest absolute Gasteiger partial charge is 0.148 e. The van der Waals surface area contributed by atoms with Crippen LogP contribution in [-0.4, -0.2) is 16.3 Å². The van der Waals surface area contributed by atoms with Crippen molar-refractivity contribution in [1.82, 2.24) is 4.98 Å². The van der Waals surface area contributed by atoms with E-state index in [2.05, 4.69) is 9.98 Å². The van der Waals surface area contributed by atoms with Crippen molar-refractivity contribution in [2.24, 2.45) is 4.99 Å². The number of hydrogen-bond donors (Lipinski definition) is 0. The summed E-state index contributed by atoms with van der Waals surface area (Å²) in [5.74, 6) is 0. The lowest BCUT2D eigenvalue weighted by Gasteiger charge is -1.96. The first-order valence-corrected chi connectivity index (χ1v) is 7.37. The fourth-order valence-electron chi connectivity index (χ4n) is 0.975. The van der Waals surface area contributed by atoms with E-state index in [9.17, 15) is 0 Å². The van der Waals surface area contributed by atoms with Gasteiger partial charge in [-0.1, -0.05) is 11.6 Å². The Balaban J connectivity index is 2.31. The third kappa shape index (κ3) is 2.81. The van der Waals surface area contributed by atoms with Crippen molar-refractivity contribution in [2.75, 3.05) is 6.26 Å². The van der Waals surface area contributed by atoms with Crippen LogP contribution in [0, 0.1) is 0 Å². The number of halogens is 1. The zero-order chi connectivity index (χ0) is 10.7. The van der Waals surface area contributed by atoms with Crippen LogP contribution in [0.3, 0.4) is 0 Å². The Kier molecular flexibility index (Phi) is 3.80. The fourth-order valence-corrected chi connectivity index (χ4v) is 3.27. The molecule has 0 amide bonds. The summed E-state index contributed by atoms with van der Waals surface area (Å²) in [4.78, 5) is 8.73. The summed E-state index contributed by atoms with van der Waals surface area (Å²) in [7, 11) is 0. The lowest BCUT2D eigenvalue weighted by Crippen LogP contribution is -1.91. The number of thioether (sulfide) groups is 1. The van der Waals surface area contributed by atoms with Crippen molar-refractivity contribution in [2.45, 2.75) is 0 Å². The van der Waals surface area contributed by atoms with Gasteiger partial charge in [0.1, 0.15) is 15.1 Å². The molecule has 0 unspecified atom stereocenters. The van der Waals surface area contributed by atoms with Crippen molar-refractivity contribution in [1.29, 1.82) is 0 Å². The fraction of sp³-hybridized carbons (Fsp3) is 0.111. The van der Waals surface area contributed by atoms with E-state index in [0.29, 0.717) is 0 Å². The molecule has 0 saturated carbocycles. The number of nitrogens with zero attached hydrogens (tertiary/aromatic N) is 2. The lowest BCUT2D eigenvalue weighted by atomic mass is 10.6. The Labute approximate surface area is 105 Å². The second-order valence-electron chi connectivity index (χ2n) is 2.54. The van der Waals surface area contributed by atoms with Crippen molar-refractivity contribution < 1.29 is 0 Å². The molecule has 0 fully saturated rings. The van der Waals surface area contributed by atoms with Crippen LogP contribution in [-0.2, 0) is 0 Å². The van der Waals surface area contributed by atoms with E-state index in [1.165, 1.54) is 11.3 Å². The average Bonchev–Trinajstić information content (AvgIpc) is 2.85. The van der Waals surface area contributed by atoms with Crippen LogP contribution in [0.25, 0.3) is 0 Å². The molecule has 0 aliphatic carbocycles. The van der Waals surface area contributed by atoms with Gasteiger partial charge in [0.15, 0.2) is 0 Å². The molecule has 0 bridgehead atoms. The quantitative estimate of drug-likeness (QED) is 0.603. The van der Waals surface area contributed by atoms with Crippen LogP contribution in [0.5, 0.6) is 0 Å². The van der Waals surface area contributed by atoms with Crippen molar-refractivity contribution >= 4 is 56.1 Å². The van der Waals surface area contributed by atoms with E-state index in [1.54, 1.807) is 29.3 Å². The molecule has 0 spiro atoms. The maximum atomic E-state index is 5.84. The number of thiophene rings is 1. The van der Waals surface area contributed by atoms with Crippen LogP contribution >= 0.6 is 46.0 Å². The molecule has 2 rings (SSSR count). The largest absolute Gasteiger partial charge is 0.242 e. The van der Waals surface area contributed by atoms with Gasteiger partial charge < -0.3 is 0 Å². The Bertz CT molecular complexity index is 461. The zero-order valence-electron chi connectivity index (χ0n) is 7.81. The third-order valence-corrected chi connectivity index (χ3v) is 4.28. The van der Waals surface area contributed by atoms with E-state index < -0.39 is 0 Å². The number of aromatic nitrogens is 1. The van der Waals surface area contributed by atoms with Gasteiger partial charge in [-0.05, 0) is 18.4 Å². The molecule has 0 atom stereocenters. The second-order valence-corrected chi connectivity index (χ2v) is 5.92. The molecule has 2 nitrogen and oxygen atoms in total. The van der Waals surface area contributed by atoms with Crippen molar-refractivity contribution in [3.8, 4) is 0 Å². The summed E-state index contributed by atoms with van der Waals surface area (Å²) in [6.07, 6.45) is 3.78. The molecule has 2 aromatic heterocycles. The molecule has 0 aliphatic heterocycles. The summed E-state index contributed by atoms with van der Waals surface area (Å²) in [5.41, 5.74) is 0. The minimum atomic E-state index is 0.758. The highest BCUT2D eigenvalue weighted by molar-refractivity contribution is 8.14. The minimum Gasteiger partial charge on any atom is -0.242 e. The van der Waals surface area contributed by atoms with Gasteiger partial charge in [-0.2, -0.15) is 0 Å². The SMILES string of the molecule is CS/C(=N\c1ccc(Cl)s1)c1nccs1. The first-order valence-electron chi connectivity index (χ1n) is 4.07. The topological polar surface area (TPSA) is 25.2 Å². The van der Waals surface area contributed by atoms with E-state index in [-0.39, 0.29) is 0 Å². The van der Waals surface area contributed by atoms with Crippen LogP contribution < -0.4 is 0 Å². The van der Waals surface area contributed by atoms with Crippen LogP contribution in [0.4, 0.5) is 5.00 Å². The summed E-state index contributed by atoms with van der Waals surface area (Å²) in [6, 6.07) is 3.77. The van der Waals surface area contributed by atoms with Crippen LogP contribution in [0.15, 0.2) is 28.7 Å². The van der Waals surface area contributed by atoms with Gasteiger partial charge in [-0.15, -0.1) is 34.4 Å². The summed E-state index contributed by atoms with van der Waals surface area (Å²) in [5, 5.41) is 4.75. The van der Waals surface area contributed by atoms with E-state index in [0.717, 1.165) is 19.4 Å². The van der Waals surface area contributed by atoms with Gasteiger partial charge in [-0.25, -0.2) is 9.98 Å². The van der Waals surface area contributed by atoms with E-state index in [4.69, 9.17) is 11.6 Å². The highest BCUT2D eigenvalue weighted by Crippen LogP contribution is 2.30. The first kappa shape index (κ1) is 11.1. The number of hydrogen-bond acceptors (Lipinski definition) is 5. The molecular formula is C9H7ClN2S3. The molecule has 0 aromatic carbocycles. The summed E-state index contributed by atoms with van der Waals surface area (Å²) < 4.78 is 0.758. The van der Waals surface area contributed by atoms with Crippen LogP contribution in [0.2, 0.25) is 4.34 Å². The van der Waals surface area contributed by atoms with E-state index in [1.807, 2.05) is 23.8 Å². The molecule has 78 valence electrons. The number of thiazole rings is 1. The summed E-state index contributed by atoms with van der Waals surface area (Å²) in [6.45, 7) is 0. The Morgan fingerprint density at radius 3 is 2.93 bits per heavy atom. The highest BCUT2D eigenvalue weighted by atomic mass is 35.5. The van der Waals surface area contributed by atoms with Crippen molar-refractivity contribution in [3.05, 3.63) is 33.1 Å². The van der Waals surface area contributed by atoms with Crippen LogP contribution in [0.1, 0.15) is 5.01 Å². The molecule has 15 heavy (non-hydrogen) atoms. The van der Waals surface area contributed by atoms with Gasteiger partial charge >= 0.3 is 0 Å². The van der Waals surface area contributed by atoms with Gasteiger partial charge in [0.2, 0.25) is 0 Å². The molecule has 0 N–H and O–H groups in total. The average molecular weight is 275 g/mol. The molecule has 0 saturated heterocycles. The standard InChI is InChI=1S/C9H7ClN2S3/c1-13-9(8-11-4-5-14-8)12-7-3-2-6(10)15-7/h2-5H,1H3/b12-9-. The predicted molar refractivity (Wildman–Crippen MR) is 71.2 cm³/mol. The molecule has 0 radical (unpaired) electrons. The minimum absolute atomic E-state index is 0.758. The lowest BCUT2D eigenvalue weighted by molar-refractivity contribution is 1.39. The van der Waals surface area contributed by atoms with E-state index >= 15 is 0 Å². The number of rotatable bonds is 2. The Morgan fingerprint density at radius 2 is 2.40 bits per heavy atom.